The number of benzene rings is 1. The predicted molar refractivity (Wildman–Crippen MR) is 121 cm³/mol. The van der Waals surface area contributed by atoms with Gasteiger partial charge in [-0.3, -0.25) is 9.69 Å². The van der Waals surface area contributed by atoms with Gasteiger partial charge in [0.15, 0.2) is 17.3 Å². The van der Waals surface area contributed by atoms with Crippen LogP contribution in [0.3, 0.4) is 0 Å². The number of carbonyl (C=O) groups is 1. The maximum absolute atomic E-state index is 13.2. The maximum atomic E-state index is 13.2. The number of ketones is 1. The zero-order valence-electron chi connectivity index (χ0n) is 19.5. The van der Waals surface area contributed by atoms with Gasteiger partial charge in [-0.2, -0.15) is 0 Å². The molecule has 0 aromatic heterocycles. The fourth-order valence-electron chi connectivity index (χ4n) is 5.14. The highest BCUT2D eigenvalue weighted by molar-refractivity contribution is 6.22. The van der Waals surface area contributed by atoms with Crippen molar-refractivity contribution in [3.05, 3.63) is 30.0 Å². The molecule has 0 spiro atoms. The van der Waals surface area contributed by atoms with Crippen molar-refractivity contribution in [2.24, 2.45) is 5.92 Å². The second-order valence-electron chi connectivity index (χ2n) is 9.07. The summed E-state index contributed by atoms with van der Waals surface area (Å²) in [6, 6.07) is 5.51. The van der Waals surface area contributed by atoms with Crippen LogP contribution in [0.4, 0.5) is 0 Å². The summed E-state index contributed by atoms with van der Waals surface area (Å²) in [5.41, 5.74) is 1.39. The summed E-state index contributed by atoms with van der Waals surface area (Å²) in [6.45, 7) is 7.74. The average Bonchev–Trinajstić information content (AvgIpc) is 2.78. The quantitative estimate of drug-likeness (QED) is 0.638. The smallest absolute Gasteiger partial charge is 0.173 e. The van der Waals surface area contributed by atoms with Crippen LogP contribution in [0.25, 0.3) is 5.57 Å². The largest absolute Gasteiger partial charge is 0.496 e. The molecule has 176 valence electrons. The highest BCUT2D eigenvalue weighted by Gasteiger charge is 2.40. The Morgan fingerprint density at radius 1 is 1.06 bits per heavy atom. The van der Waals surface area contributed by atoms with Crippen molar-refractivity contribution >= 4 is 11.4 Å². The van der Waals surface area contributed by atoms with Crippen molar-refractivity contribution in [2.45, 2.75) is 57.5 Å². The van der Waals surface area contributed by atoms with Gasteiger partial charge in [0.1, 0.15) is 6.10 Å². The standard InChI is InChI=1S/C25H35NO6/c1-16-13-26(14-17(2)32-16)9-10-30-19-6-7-20-23(12-19)31-15-21(25(20)27)18-5-8-22(28-3)24(11-18)29-4/h5,8,11,15-17,19-20,23H,6-7,9-10,12-14H2,1-4H3. The normalized spacial score (nSPS) is 30.8. The highest BCUT2D eigenvalue weighted by atomic mass is 16.5. The van der Waals surface area contributed by atoms with Crippen molar-refractivity contribution in [1.29, 1.82) is 0 Å². The Balaban J connectivity index is 1.32. The van der Waals surface area contributed by atoms with Gasteiger partial charge in [-0.15, -0.1) is 0 Å². The number of methoxy groups -OCH3 is 2. The lowest BCUT2D eigenvalue weighted by molar-refractivity contribution is -0.128. The minimum atomic E-state index is -0.121. The molecule has 0 amide bonds. The number of hydrogen-bond acceptors (Lipinski definition) is 7. The molecule has 7 nitrogen and oxygen atoms in total. The van der Waals surface area contributed by atoms with Gasteiger partial charge in [0.2, 0.25) is 0 Å². The molecule has 5 unspecified atom stereocenters. The van der Waals surface area contributed by atoms with Crippen LogP contribution in [-0.4, -0.2) is 75.6 Å². The van der Waals surface area contributed by atoms with E-state index in [1.807, 2.05) is 18.2 Å². The summed E-state index contributed by atoms with van der Waals surface area (Å²) in [7, 11) is 3.19. The van der Waals surface area contributed by atoms with Gasteiger partial charge in [0.05, 0.1) is 56.9 Å². The molecule has 0 bridgehead atoms. The summed E-state index contributed by atoms with van der Waals surface area (Å²) in [6.07, 6.45) is 4.58. The first-order valence-electron chi connectivity index (χ1n) is 11.6. The van der Waals surface area contributed by atoms with Crippen LogP contribution in [0, 0.1) is 5.92 Å². The Kier molecular flexibility index (Phi) is 7.38. The Labute approximate surface area is 190 Å². The average molecular weight is 446 g/mol. The van der Waals surface area contributed by atoms with E-state index in [-0.39, 0.29) is 36.1 Å². The predicted octanol–water partition coefficient (Wildman–Crippen LogP) is 3.31. The molecule has 4 rings (SSSR count). The molecule has 2 fully saturated rings. The third kappa shape index (κ3) is 5.11. The molecule has 5 atom stereocenters. The molecule has 3 aliphatic rings. The molecule has 1 saturated heterocycles. The molecule has 1 saturated carbocycles. The van der Waals surface area contributed by atoms with Gasteiger partial charge in [-0.1, -0.05) is 6.07 Å². The molecule has 7 heteroatoms. The van der Waals surface area contributed by atoms with Crippen LogP contribution < -0.4 is 9.47 Å². The maximum Gasteiger partial charge on any atom is 0.173 e. The SMILES string of the molecule is COc1ccc(C2=COC3CC(OCCN4CC(C)OC(C)C4)CCC3C2=O)cc1OC. The van der Waals surface area contributed by atoms with Crippen LogP contribution in [0.15, 0.2) is 24.5 Å². The van der Waals surface area contributed by atoms with Gasteiger partial charge in [-0.05, 0) is 44.4 Å². The molecule has 0 radical (unpaired) electrons. The molecular formula is C25H35NO6. The first-order chi connectivity index (χ1) is 15.5. The highest BCUT2D eigenvalue weighted by Crippen LogP contribution is 2.39. The first kappa shape index (κ1) is 23.1. The Bertz CT molecular complexity index is 830. The van der Waals surface area contributed by atoms with Crippen LogP contribution in [-0.2, 0) is 19.0 Å². The number of carbonyl (C=O) groups excluding carboxylic acids is 1. The molecular weight excluding hydrogens is 410 g/mol. The number of fused-ring (bicyclic) bond motifs is 1. The topological polar surface area (TPSA) is 66.5 Å². The van der Waals surface area contributed by atoms with E-state index in [0.29, 0.717) is 23.7 Å². The number of Topliss-reactive ketones (excluding diaryl/α,β-unsaturated/α-hetero) is 1. The van der Waals surface area contributed by atoms with Crippen molar-refractivity contribution in [2.75, 3.05) is 40.5 Å². The fourth-order valence-corrected chi connectivity index (χ4v) is 5.14. The third-order valence-electron chi connectivity index (χ3n) is 6.66. The zero-order chi connectivity index (χ0) is 22.7. The third-order valence-corrected chi connectivity index (χ3v) is 6.66. The lowest BCUT2D eigenvalue weighted by Gasteiger charge is -2.38. The molecule has 1 aromatic rings. The van der Waals surface area contributed by atoms with Gasteiger partial charge in [0, 0.05) is 26.1 Å². The summed E-state index contributed by atoms with van der Waals surface area (Å²) < 4.78 is 28.7. The Morgan fingerprint density at radius 3 is 2.53 bits per heavy atom. The van der Waals surface area contributed by atoms with Gasteiger partial charge in [-0.25, -0.2) is 0 Å². The Hall–Kier alpha value is -2.09. The number of nitrogens with zero attached hydrogens (tertiary/aromatic N) is 1. The van der Waals surface area contributed by atoms with Crippen LogP contribution in [0.1, 0.15) is 38.7 Å². The number of ether oxygens (including phenoxy) is 5. The number of rotatable bonds is 7. The minimum Gasteiger partial charge on any atom is -0.496 e. The van der Waals surface area contributed by atoms with Crippen LogP contribution >= 0.6 is 0 Å². The van der Waals surface area contributed by atoms with E-state index in [9.17, 15) is 4.79 Å². The summed E-state index contributed by atoms with van der Waals surface area (Å²) >= 11 is 0. The zero-order valence-corrected chi connectivity index (χ0v) is 19.5. The van der Waals surface area contributed by atoms with E-state index in [1.54, 1.807) is 20.5 Å². The Morgan fingerprint density at radius 2 is 1.81 bits per heavy atom. The molecule has 1 aliphatic carbocycles. The monoisotopic (exact) mass is 445 g/mol. The molecule has 32 heavy (non-hydrogen) atoms. The lowest BCUT2D eigenvalue weighted by atomic mass is 9.78. The lowest BCUT2D eigenvalue weighted by Crippen LogP contribution is -2.47. The minimum absolute atomic E-state index is 0.117. The second kappa shape index (κ2) is 10.2. The summed E-state index contributed by atoms with van der Waals surface area (Å²) in [5, 5.41) is 0. The molecule has 2 aliphatic heterocycles. The molecule has 0 N–H and O–H groups in total. The van der Waals surface area contributed by atoms with Gasteiger partial charge >= 0.3 is 0 Å². The number of hydrogen-bond donors (Lipinski definition) is 0. The van der Waals surface area contributed by atoms with E-state index >= 15 is 0 Å². The van der Waals surface area contributed by atoms with E-state index in [4.69, 9.17) is 23.7 Å². The summed E-state index contributed by atoms with van der Waals surface area (Å²) in [5.74, 6) is 1.26. The van der Waals surface area contributed by atoms with Crippen LogP contribution in [0.2, 0.25) is 0 Å². The van der Waals surface area contributed by atoms with Crippen molar-refractivity contribution < 1.29 is 28.5 Å². The van der Waals surface area contributed by atoms with Crippen LogP contribution in [0.5, 0.6) is 11.5 Å². The van der Waals surface area contributed by atoms with E-state index in [1.165, 1.54) is 0 Å². The number of morpholine rings is 1. The van der Waals surface area contributed by atoms with E-state index < -0.39 is 0 Å². The van der Waals surface area contributed by atoms with Crippen molar-refractivity contribution in [1.82, 2.24) is 4.90 Å². The second-order valence-corrected chi connectivity index (χ2v) is 9.07. The van der Waals surface area contributed by atoms with Crippen molar-refractivity contribution in [3.63, 3.8) is 0 Å². The first-order valence-corrected chi connectivity index (χ1v) is 11.6. The summed E-state index contributed by atoms with van der Waals surface area (Å²) in [4.78, 5) is 15.6. The molecule has 1 aromatic carbocycles. The number of allylic oxidation sites excluding steroid dienone is 1. The van der Waals surface area contributed by atoms with Crippen molar-refractivity contribution in [3.8, 4) is 11.5 Å². The van der Waals surface area contributed by atoms with Gasteiger partial charge < -0.3 is 23.7 Å². The fraction of sp³-hybridized carbons (Fsp3) is 0.640. The van der Waals surface area contributed by atoms with E-state index in [0.717, 1.165) is 44.5 Å². The molecule has 2 heterocycles. The van der Waals surface area contributed by atoms with E-state index in [2.05, 4.69) is 18.7 Å². The van der Waals surface area contributed by atoms with Gasteiger partial charge in [0.25, 0.3) is 0 Å².